The molecule has 22 heavy (non-hydrogen) atoms. The van der Waals surface area contributed by atoms with Gasteiger partial charge in [0.05, 0.1) is 12.1 Å². The maximum absolute atomic E-state index is 13.0. The molecule has 0 fully saturated rings. The van der Waals surface area contributed by atoms with E-state index in [-0.39, 0.29) is 23.4 Å². The van der Waals surface area contributed by atoms with Crippen LogP contribution in [0.4, 0.5) is 4.39 Å². The summed E-state index contributed by atoms with van der Waals surface area (Å²) in [5, 5.41) is 13.2. The highest BCUT2D eigenvalue weighted by molar-refractivity contribution is 5.71. The number of nitrogens with zero attached hydrogens (tertiary/aromatic N) is 2. The van der Waals surface area contributed by atoms with Crippen LogP contribution in [0.2, 0.25) is 0 Å². The minimum absolute atomic E-state index is 0.179. The van der Waals surface area contributed by atoms with Gasteiger partial charge in [-0.05, 0) is 36.8 Å². The van der Waals surface area contributed by atoms with E-state index in [0.717, 1.165) is 12.8 Å². The van der Waals surface area contributed by atoms with Crippen molar-refractivity contribution in [1.82, 2.24) is 9.78 Å². The summed E-state index contributed by atoms with van der Waals surface area (Å²) in [4.78, 5) is 23.1. The van der Waals surface area contributed by atoms with Crippen molar-refractivity contribution in [3.05, 3.63) is 52.1 Å². The molecule has 0 aliphatic carbocycles. The number of rotatable bonds is 6. The van der Waals surface area contributed by atoms with Crippen LogP contribution in [0.3, 0.4) is 0 Å². The first kappa shape index (κ1) is 15.9. The van der Waals surface area contributed by atoms with Crippen LogP contribution in [-0.2, 0) is 17.8 Å². The number of unbranched alkanes of at least 4 members (excludes halogenated alkanes) is 1. The number of halogens is 1. The predicted octanol–water partition coefficient (Wildman–Crippen LogP) is 2.48. The molecule has 1 aromatic carbocycles. The van der Waals surface area contributed by atoms with E-state index >= 15 is 0 Å². The largest absolute Gasteiger partial charge is 0.481 e. The summed E-state index contributed by atoms with van der Waals surface area (Å²) in [6.07, 6.45) is 1.30. The summed E-state index contributed by atoms with van der Waals surface area (Å²) in [7, 11) is 0. The number of hydrogen-bond donors (Lipinski definition) is 1. The van der Waals surface area contributed by atoms with Crippen molar-refractivity contribution in [2.75, 3.05) is 0 Å². The fourth-order valence-electron chi connectivity index (χ4n) is 2.11. The van der Waals surface area contributed by atoms with Crippen LogP contribution >= 0.6 is 0 Å². The summed E-state index contributed by atoms with van der Waals surface area (Å²) in [6, 6.07) is 7.17. The molecule has 0 saturated heterocycles. The highest BCUT2D eigenvalue weighted by Gasteiger charge is 2.12. The summed E-state index contributed by atoms with van der Waals surface area (Å²) in [5.74, 6) is -1.44. The third-order valence-corrected chi connectivity index (χ3v) is 3.25. The molecular formula is C16H17FN2O3. The average Bonchev–Trinajstić information content (AvgIpc) is 2.48. The van der Waals surface area contributed by atoms with E-state index in [1.54, 1.807) is 12.1 Å². The zero-order valence-electron chi connectivity index (χ0n) is 12.3. The minimum atomic E-state index is -1.07. The molecule has 0 spiro atoms. The van der Waals surface area contributed by atoms with Gasteiger partial charge in [0.1, 0.15) is 5.82 Å². The van der Waals surface area contributed by atoms with E-state index in [1.807, 2.05) is 6.92 Å². The summed E-state index contributed by atoms with van der Waals surface area (Å²) >= 11 is 0. The summed E-state index contributed by atoms with van der Waals surface area (Å²) < 4.78 is 14.3. The lowest BCUT2D eigenvalue weighted by molar-refractivity contribution is -0.136. The third kappa shape index (κ3) is 3.78. The normalized spacial score (nSPS) is 10.6. The number of carbonyl (C=O) groups is 1. The fraction of sp³-hybridized carbons (Fsp3) is 0.312. The maximum Gasteiger partial charge on any atom is 0.308 e. The number of aryl methyl sites for hydroxylation is 1. The first-order chi connectivity index (χ1) is 10.5. The van der Waals surface area contributed by atoms with Crippen molar-refractivity contribution in [2.24, 2.45) is 0 Å². The Labute approximate surface area is 127 Å². The van der Waals surface area contributed by atoms with Crippen molar-refractivity contribution in [2.45, 2.75) is 32.7 Å². The van der Waals surface area contributed by atoms with Crippen LogP contribution in [0.25, 0.3) is 11.3 Å². The Morgan fingerprint density at radius 2 is 2.00 bits per heavy atom. The molecule has 0 radical (unpaired) electrons. The van der Waals surface area contributed by atoms with E-state index < -0.39 is 5.97 Å². The lowest BCUT2D eigenvalue weighted by atomic mass is 10.1. The van der Waals surface area contributed by atoms with Gasteiger partial charge in [-0.2, -0.15) is 5.10 Å². The zero-order valence-corrected chi connectivity index (χ0v) is 12.3. The Morgan fingerprint density at radius 3 is 2.59 bits per heavy atom. The Morgan fingerprint density at radius 1 is 1.32 bits per heavy atom. The van der Waals surface area contributed by atoms with Gasteiger partial charge in [-0.3, -0.25) is 9.59 Å². The van der Waals surface area contributed by atoms with E-state index in [2.05, 4.69) is 5.10 Å². The van der Waals surface area contributed by atoms with Crippen LogP contribution in [0.15, 0.2) is 35.1 Å². The molecule has 0 aliphatic heterocycles. The fourth-order valence-corrected chi connectivity index (χ4v) is 2.11. The van der Waals surface area contributed by atoms with E-state index in [1.165, 1.54) is 22.9 Å². The van der Waals surface area contributed by atoms with Gasteiger partial charge >= 0.3 is 5.97 Å². The standard InChI is InChI=1S/C16H17FN2O3/c1-2-3-8-19-16(22)12(10-15(20)21)9-14(18-19)11-4-6-13(17)7-5-11/h4-7,9H,2-3,8,10H2,1H3,(H,20,21). The second-order valence-electron chi connectivity index (χ2n) is 5.01. The molecule has 5 nitrogen and oxygen atoms in total. The molecular weight excluding hydrogens is 287 g/mol. The van der Waals surface area contributed by atoms with Gasteiger partial charge in [0.15, 0.2) is 0 Å². The molecule has 6 heteroatoms. The topological polar surface area (TPSA) is 72.2 Å². The number of carboxylic acids is 1. The van der Waals surface area contributed by atoms with E-state index in [9.17, 15) is 14.0 Å². The molecule has 0 atom stereocenters. The summed E-state index contributed by atoms with van der Waals surface area (Å²) in [6.45, 7) is 2.42. The van der Waals surface area contributed by atoms with Crippen LogP contribution < -0.4 is 5.56 Å². The van der Waals surface area contributed by atoms with E-state index in [4.69, 9.17) is 5.11 Å². The second kappa shape index (κ2) is 6.98. The monoisotopic (exact) mass is 304 g/mol. The van der Waals surface area contributed by atoms with Gasteiger partial charge in [0.25, 0.3) is 5.56 Å². The van der Waals surface area contributed by atoms with Crippen LogP contribution in [0.1, 0.15) is 25.3 Å². The van der Waals surface area contributed by atoms with Crippen LogP contribution in [-0.4, -0.2) is 20.9 Å². The quantitative estimate of drug-likeness (QED) is 0.890. The van der Waals surface area contributed by atoms with Gasteiger partial charge in [-0.1, -0.05) is 13.3 Å². The smallest absolute Gasteiger partial charge is 0.308 e. The third-order valence-electron chi connectivity index (χ3n) is 3.25. The highest BCUT2D eigenvalue weighted by atomic mass is 19.1. The Hall–Kier alpha value is -2.50. The molecule has 2 aromatic rings. The van der Waals surface area contributed by atoms with Crippen LogP contribution in [0, 0.1) is 5.82 Å². The van der Waals surface area contributed by atoms with Crippen molar-refractivity contribution in [1.29, 1.82) is 0 Å². The van der Waals surface area contributed by atoms with E-state index in [0.29, 0.717) is 17.8 Å². The lowest BCUT2D eigenvalue weighted by Gasteiger charge is -2.09. The van der Waals surface area contributed by atoms with Gasteiger partial charge in [0, 0.05) is 17.7 Å². The number of aromatic nitrogens is 2. The average molecular weight is 304 g/mol. The molecule has 0 bridgehead atoms. The zero-order chi connectivity index (χ0) is 16.1. The number of hydrogen-bond acceptors (Lipinski definition) is 3. The van der Waals surface area contributed by atoms with Crippen molar-refractivity contribution >= 4 is 5.97 Å². The molecule has 1 N–H and O–H groups in total. The Kier molecular flexibility index (Phi) is 5.04. The summed E-state index contributed by atoms with van der Waals surface area (Å²) in [5.41, 5.74) is 0.893. The Balaban J connectivity index is 2.50. The van der Waals surface area contributed by atoms with Crippen molar-refractivity contribution in [3.8, 4) is 11.3 Å². The second-order valence-corrected chi connectivity index (χ2v) is 5.01. The maximum atomic E-state index is 13.0. The highest BCUT2D eigenvalue weighted by Crippen LogP contribution is 2.17. The molecule has 0 amide bonds. The van der Waals surface area contributed by atoms with Gasteiger partial charge in [0.2, 0.25) is 0 Å². The van der Waals surface area contributed by atoms with Crippen molar-refractivity contribution in [3.63, 3.8) is 0 Å². The molecule has 0 saturated carbocycles. The number of aliphatic carboxylic acids is 1. The lowest BCUT2D eigenvalue weighted by Crippen LogP contribution is -2.28. The molecule has 1 aromatic heterocycles. The van der Waals surface area contributed by atoms with Gasteiger partial charge < -0.3 is 5.11 Å². The SMILES string of the molecule is CCCCn1nc(-c2ccc(F)cc2)cc(CC(=O)O)c1=O. The van der Waals surface area contributed by atoms with Crippen molar-refractivity contribution < 1.29 is 14.3 Å². The van der Waals surface area contributed by atoms with Crippen LogP contribution in [0.5, 0.6) is 0 Å². The Bertz CT molecular complexity index is 723. The molecule has 0 unspecified atom stereocenters. The number of benzene rings is 1. The molecule has 116 valence electrons. The molecule has 2 rings (SSSR count). The minimum Gasteiger partial charge on any atom is -0.481 e. The van der Waals surface area contributed by atoms with Gasteiger partial charge in [-0.25, -0.2) is 9.07 Å². The first-order valence-corrected chi connectivity index (χ1v) is 7.10. The predicted molar refractivity (Wildman–Crippen MR) is 80.1 cm³/mol. The van der Waals surface area contributed by atoms with Gasteiger partial charge in [-0.15, -0.1) is 0 Å². The molecule has 0 aliphatic rings. The first-order valence-electron chi connectivity index (χ1n) is 7.10. The molecule has 1 heterocycles. The number of carboxylic acid groups (broad SMARTS) is 1.